The maximum atomic E-state index is 13.7. The van der Waals surface area contributed by atoms with Gasteiger partial charge < -0.3 is 15.4 Å². The molecule has 1 aromatic carbocycles. The van der Waals surface area contributed by atoms with Gasteiger partial charge in [-0.2, -0.15) is 0 Å². The summed E-state index contributed by atoms with van der Waals surface area (Å²) in [4.78, 5) is 14.4. The van der Waals surface area contributed by atoms with Crippen LogP contribution in [0.2, 0.25) is 5.02 Å². The standard InChI is InChI=1S/C15H19ClFN3O2/c16-10-3-4-12(11(17)7-10)18-15(21)19-13-8-22-9-14(13)20-5-1-2-6-20/h3-4,7,13-14H,1-2,5-6,8-9H2,(H2,18,19,21)/t13-,14-/m1/s1. The van der Waals surface area contributed by atoms with Crippen molar-refractivity contribution in [2.45, 2.75) is 24.9 Å². The fourth-order valence-electron chi connectivity index (χ4n) is 3.03. The van der Waals surface area contributed by atoms with Crippen LogP contribution in [0.15, 0.2) is 18.2 Å². The van der Waals surface area contributed by atoms with E-state index in [2.05, 4.69) is 15.5 Å². The zero-order valence-electron chi connectivity index (χ0n) is 12.1. The number of carbonyl (C=O) groups excluding carboxylic acids is 1. The van der Waals surface area contributed by atoms with Crippen LogP contribution in [0.1, 0.15) is 12.8 Å². The average Bonchev–Trinajstić information content (AvgIpc) is 3.12. The van der Waals surface area contributed by atoms with E-state index in [9.17, 15) is 9.18 Å². The summed E-state index contributed by atoms with van der Waals surface area (Å²) in [6.45, 7) is 3.19. The second kappa shape index (κ2) is 6.81. The lowest BCUT2D eigenvalue weighted by molar-refractivity contribution is 0.159. The Kier molecular flexibility index (Phi) is 4.81. The van der Waals surface area contributed by atoms with Crippen LogP contribution >= 0.6 is 11.6 Å². The predicted octanol–water partition coefficient (Wildman–Crippen LogP) is 2.46. The van der Waals surface area contributed by atoms with Crippen LogP contribution in [-0.4, -0.2) is 49.3 Å². The fraction of sp³-hybridized carbons (Fsp3) is 0.533. The molecule has 2 atom stereocenters. The van der Waals surface area contributed by atoms with Crippen molar-refractivity contribution >= 4 is 23.3 Å². The van der Waals surface area contributed by atoms with Crippen LogP contribution in [0.25, 0.3) is 0 Å². The van der Waals surface area contributed by atoms with Crippen LogP contribution in [0.3, 0.4) is 0 Å². The summed E-state index contributed by atoms with van der Waals surface area (Å²) in [5, 5.41) is 5.69. The molecule has 120 valence electrons. The number of hydrogen-bond acceptors (Lipinski definition) is 3. The first-order valence-electron chi connectivity index (χ1n) is 7.48. The van der Waals surface area contributed by atoms with E-state index in [1.807, 2.05) is 0 Å². The van der Waals surface area contributed by atoms with Gasteiger partial charge >= 0.3 is 6.03 Å². The van der Waals surface area contributed by atoms with Gasteiger partial charge in [-0.3, -0.25) is 4.90 Å². The zero-order chi connectivity index (χ0) is 15.5. The summed E-state index contributed by atoms with van der Waals surface area (Å²) >= 11 is 5.69. The van der Waals surface area contributed by atoms with E-state index < -0.39 is 11.8 Å². The molecule has 2 amide bonds. The van der Waals surface area contributed by atoms with Crippen molar-refractivity contribution in [2.24, 2.45) is 0 Å². The highest BCUT2D eigenvalue weighted by molar-refractivity contribution is 6.30. The molecule has 2 N–H and O–H groups in total. The van der Waals surface area contributed by atoms with Crippen LogP contribution < -0.4 is 10.6 Å². The summed E-state index contributed by atoms with van der Waals surface area (Å²) in [6, 6.07) is 3.84. The van der Waals surface area contributed by atoms with Gasteiger partial charge in [0.05, 0.1) is 31.0 Å². The molecule has 0 bridgehead atoms. The van der Waals surface area contributed by atoms with Crippen LogP contribution in [-0.2, 0) is 4.74 Å². The topological polar surface area (TPSA) is 53.6 Å². The van der Waals surface area contributed by atoms with E-state index in [-0.39, 0.29) is 17.8 Å². The molecule has 1 aromatic rings. The molecule has 2 heterocycles. The van der Waals surface area contributed by atoms with E-state index in [0.29, 0.717) is 18.2 Å². The van der Waals surface area contributed by atoms with Gasteiger partial charge in [-0.1, -0.05) is 11.6 Å². The number of rotatable bonds is 3. The number of amides is 2. The molecule has 5 nitrogen and oxygen atoms in total. The third-order valence-electron chi connectivity index (χ3n) is 4.16. The van der Waals surface area contributed by atoms with Crippen molar-refractivity contribution in [2.75, 3.05) is 31.6 Å². The van der Waals surface area contributed by atoms with Crippen LogP contribution in [0.4, 0.5) is 14.9 Å². The first-order chi connectivity index (χ1) is 10.6. The van der Waals surface area contributed by atoms with E-state index in [1.54, 1.807) is 0 Å². The summed E-state index contributed by atoms with van der Waals surface area (Å²) in [7, 11) is 0. The number of hydrogen-bond donors (Lipinski definition) is 2. The van der Waals surface area contributed by atoms with Gasteiger partial charge in [0.15, 0.2) is 0 Å². The second-order valence-electron chi connectivity index (χ2n) is 5.68. The first kappa shape index (κ1) is 15.5. The average molecular weight is 328 g/mol. The molecule has 0 aromatic heterocycles. The summed E-state index contributed by atoms with van der Waals surface area (Å²) in [5.74, 6) is -0.554. The van der Waals surface area contributed by atoms with Gasteiger partial charge in [0, 0.05) is 5.02 Å². The molecule has 22 heavy (non-hydrogen) atoms. The van der Waals surface area contributed by atoms with Gasteiger partial charge in [0.2, 0.25) is 0 Å². The lowest BCUT2D eigenvalue weighted by Gasteiger charge is -2.27. The Morgan fingerprint density at radius 3 is 2.82 bits per heavy atom. The van der Waals surface area contributed by atoms with Gasteiger partial charge in [-0.25, -0.2) is 9.18 Å². The number of nitrogens with one attached hydrogen (secondary N) is 2. The van der Waals surface area contributed by atoms with Gasteiger partial charge in [-0.05, 0) is 44.1 Å². The highest BCUT2D eigenvalue weighted by Gasteiger charge is 2.35. The smallest absolute Gasteiger partial charge is 0.319 e. The molecule has 2 aliphatic rings. The Morgan fingerprint density at radius 1 is 1.32 bits per heavy atom. The lowest BCUT2D eigenvalue weighted by Crippen LogP contribution is -2.51. The Bertz CT molecular complexity index is 552. The molecule has 2 aliphatic heterocycles. The van der Waals surface area contributed by atoms with Crippen molar-refractivity contribution in [3.05, 3.63) is 29.0 Å². The first-order valence-corrected chi connectivity index (χ1v) is 7.85. The highest BCUT2D eigenvalue weighted by atomic mass is 35.5. The minimum absolute atomic E-state index is 0.0755. The number of anilines is 1. The monoisotopic (exact) mass is 327 g/mol. The van der Waals surface area contributed by atoms with E-state index >= 15 is 0 Å². The number of halogens is 2. The molecule has 0 radical (unpaired) electrons. The Morgan fingerprint density at radius 2 is 2.09 bits per heavy atom. The quantitative estimate of drug-likeness (QED) is 0.896. The molecule has 2 saturated heterocycles. The van der Waals surface area contributed by atoms with Crippen molar-refractivity contribution < 1.29 is 13.9 Å². The predicted molar refractivity (Wildman–Crippen MR) is 82.8 cm³/mol. The SMILES string of the molecule is O=C(Nc1ccc(Cl)cc1F)N[C@@H]1COC[C@H]1N1CCCC1. The molecule has 0 spiro atoms. The van der Waals surface area contributed by atoms with E-state index in [4.69, 9.17) is 16.3 Å². The summed E-state index contributed by atoms with van der Waals surface area (Å²) in [6.07, 6.45) is 2.37. The molecule has 3 rings (SSSR count). The molecule has 0 saturated carbocycles. The maximum Gasteiger partial charge on any atom is 0.319 e. The minimum atomic E-state index is -0.554. The molecule has 2 fully saturated rings. The van der Waals surface area contributed by atoms with E-state index in [0.717, 1.165) is 13.1 Å². The number of ether oxygens (including phenoxy) is 1. The molecule has 0 unspecified atom stereocenters. The van der Waals surface area contributed by atoms with E-state index in [1.165, 1.54) is 31.0 Å². The largest absolute Gasteiger partial charge is 0.378 e. The summed E-state index contributed by atoms with van der Waals surface area (Å²) < 4.78 is 19.2. The second-order valence-corrected chi connectivity index (χ2v) is 6.11. The van der Waals surface area contributed by atoms with Gasteiger partial charge in [0.1, 0.15) is 5.82 Å². The van der Waals surface area contributed by atoms with Crippen molar-refractivity contribution in [1.29, 1.82) is 0 Å². The molecule has 7 heteroatoms. The number of nitrogens with zero attached hydrogens (tertiary/aromatic N) is 1. The van der Waals surface area contributed by atoms with Crippen molar-refractivity contribution in [3.8, 4) is 0 Å². The van der Waals surface area contributed by atoms with Gasteiger partial charge in [0.25, 0.3) is 0 Å². The number of likely N-dealkylation sites (tertiary alicyclic amines) is 1. The highest BCUT2D eigenvalue weighted by Crippen LogP contribution is 2.21. The number of carbonyl (C=O) groups is 1. The fourth-order valence-corrected chi connectivity index (χ4v) is 3.19. The minimum Gasteiger partial charge on any atom is -0.378 e. The third kappa shape index (κ3) is 3.51. The Hall–Kier alpha value is -1.37. The zero-order valence-corrected chi connectivity index (χ0v) is 12.9. The Balaban J connectivity index is 1.58. The van der Waals surface area contributed by atoms with Crippen molar-refractivity contribution in [3.63, 3.8) is 0 Å². The normalized spacial score (nSPS) is 25.4. The number of benzene rings is 1. The molecular formula is C15H19ClFN3O2. The molecule has 0 aliphatic carbocycles. The third-order valence-corrected chi connectivity index (χ3v) is 4.39. The number of urea groups is 1. The lowest BCUT2D eigenvalue weighted by atomic mass is 10.1. The molecular weight excluding hydrogens is 309 g/mol. The van der Waals surface area contributed by atoms with Gasteiger partial charge in [-0.15, -0.1) is 0 Å². The Labute approximate surface area is 133 Å². The van der Waals surface area contributed by atoms with Crippen molar-refractivity contribution in [1.82, 2.24) is 10.2 Å². The summed E-state index contributed by atoms with van der Waals surface area (Å²) in [5.41, 5.74) is 0.110. The van der Waals surface area contributed by atoms with Crippen LogP contribution in [0.5, 0.6) is 0 Å². The van der Waals surface area contributed by atoms with Crippen LogP contribution in [0, 0.1) is 5.82 Å². The maximum absolute atomic E-state index is 13.7.